The first kappa shape index (κ1) is 15.0. The summed E-state index contributed by atoms with van der Waals surface area (Å²) >= 11 is 7.26. The number of thiazole rings is 1. The minimum Gasteiger partial charge on any atom is -0.394 e. The number of nitrogens with zero attached hydrogens (tertiary/aromatic N) is 2. The van der Waals surface area contributed by atoms with Crippen LogP contribution in [0.3, 0.4) is 0 Å². The molecule has 20 heavy (non-hydrogen) atoms. The molecular weight excluding hydrogens is 296 g/mol. The predicted molar refractivity (Wildman–Crippen MR) is 81.2 cm³/mol. The number of carbonyl (C=O) groups excluding carboxylic acids is 1. The topological polar surface area (TPSA) is 53.4 Å². The fourth-order valence-electron chi connectivity index (χ4n) is 1.60. The normalized spacial score (nSPS) is 12.2. The van der Waals surface area contributed by atoms with Crippen molar-refractivity contribution in [2.24, 2.45) is 0 Å². The number of amides is 1. The van der Waals surface area contributed by atoms with Crippen molar-refractivity contribution in [2.45, 2.75) is 13.0 Å². The Hall–Kier alpha value is -1.43. The molecule has 0 bridgehead atoms. The van der Waals surface area contributed by atoms with Crippen LogP contribution < -0.4 is 0 Å². The first-order chi connectivity index (χ1) is 9.52. The number of benzene rings is 1. The van der Waals surface area contributed by atoms with Crippen molar-refractivity contribution in [2.75, 3.05) is 13.7 Å². The summed E-state index contributed by atoms with van der Waals surface area (Å²) in [7, 11) is 1.66. The minimum atomic E-state index is -0.233. The third-order valence-corrected chi connectivity index (χ3v) is 4.20. The predicted octanol–water partition coefficient (Wildman–Crippen LogP) is 2.92. The zero-order valence-electron chi connectivity index (χ0n) is 11.2. The molecule has 1 atom stereocenters. The van der Waals surface area contributed by atoms with Crippen LogP contribution in [-0.4, -0.2) is 40.6 Å². The summed E-state index contributed by atoms with van der Waals surface area (Å²) in [5, 5.41) is 12.3. The molecule has 0 aliphatic carbocycles. The van der Waals surface area contributed by atoms with Crippen LogP contribution in [0.4, 0.5) is 0 Å². The minimum absolute atomic E-state index is 0.0730. The van der Waals surface area contributed by atoms with Crippen LogP contribution in [0.15, 0.2) is 29.6 Å². The zero-order valence-corrected chi connectivity index (χ0v) is 12.8. The van der Waals surface area contributed by atoms with Crippen LogP contribution in [-0.2, 0) is 0 Å². The largest absolute Gasteiger partial charge is 0.394 e. The van der Waals surface area contributed by atoms with Gasteiger partial charge in [0, 0.05) is 23.0 Å². The van der Waals surface area contributed by atoms with Gasteiger partial charge in [0.2, 0.25) is 0 Å². The lowest BCUT2D eigenvalue weighted by atomic mass is 10.2. The van der Waals surface area contributed by atoms with Crippen molar-refractivity contribution >= 4 is 28.8 Å². The van der Waals surface area contributed by atoms with Crippen molar-refractivity contribution in [3.05, 3.63) is 40.4 Å². The highest BCUT2D eigenvalue weighted by Gasteiger charge is 2.19. The molecule has 0 radical (unpaired) electrons. The fraction of sp³-hybridized carbons (Fsp3) is 0.286. The molecule has 0 aliphatic heterocycles. The highest BCUT2D eigenvalue weighted by molar-refractivity contribution is 7.13. The van der Waals surface area contributed by atoms with E-state index >= 15 is 0 Å². The van der Waals surface area contributed by atoms with Crippen LogP contribution in [0, 0.1) is 0 Å². The van der Waals surface area contributed by atoms with Crippen LogP contribution in [0.2, 0.25) is 5.02 Å². The number of aliphatic hydroxyl groups excluding tert-OH is 1. The number of aliphatic hydroxyl groups is 1. The molecule has 0 aliphatic rings. The van der Waals surface area contributed by atoms with Gasteiger partial charge < -0.3 is 10.0 Å². The van der Waals surface area contributed by atoms with Crippen molar-refractivity contribution in [3.8, 4) is 10.6 Å². The van der Waals surface area contributed by atoms with Gasteiger partial charge in [-0.1, -0.05) is 23.7 Å². The van der Waals surface area contributed by atoms with E-state index in [0.717, 1.165) is 10.6 Å². The van der Waals surface area contributed by atoms with E-state index < -0.39 is 0 Å². The summed E-state index contributed by atoms with van der Waals surface area (Å²) in [6, 6.07) is 7.09. The lowest BCUT2D eigenvalue weighted by Crippen LogP contribution is -2.37. The Kier molecular flexibility index (Phi) is 4.75. The summed E-state index contributed by atoms with van der Waals surface area (Å²) in [5.41, 5.74) is 1.32. The van der Waals surface area contributed by atoms with Gasteiger partial charge in [0.25, 0.3) is 5.91 Å². The Labute approximate surface area is 126 Å². The van der Waals surface area contributed by atoms with Crippen LogP contribution in [0.5, 0.6) is 0 Å². The van der Waals surface area contributed by atoms with E-state index in [-0.39, 0.29) is 18.6 Å². The van der Waals surface area contributed by atoms with Crippen molar-refractivity contribution in [1.29, 1.82) is 0 Å². The molecule has 6 heteroatoms. The van der Waals surface area contributed by atoms with Crippen molar-refractivity contribution in [3.63, 3.8) is 0 Å². The molecule has 1 aromatic heterocycles. The number of rotatable bonds is 4. The average molecular weight is 311 g/mol. The molecule has 4 nitrogen and oxygen atoms in total. The Morgan fingerprint density at radius 2 is 2.10 bits per heavy atom. The number of aromatic nitrogens is 1. The van der Waals surface area contributed by atoms with Gasteiger partial charge in [-0.2, -0.15) is 0 Å². The number of likely N-dealkylation sites (N-methyl/N-ethyl adjacent to an activating group) is 1. The molecule has 106 valence electrons. The van der Waals surface area contributed by atoms with Crippen molar-refractivity contribution in [1.82, 2.24) is 9.88 Å². The lowest BCUT2D eigenvalue weighted by molar-refractivity contribution is 0.0677. The first-order valence-corrected chi connectivity index (χ1v) is 7.38. The zero-order chi connectivity index (χ0) is 14.7. The van der Waals surface area contributed by atoms with Gasteiger partial charge in [0.05, 0.1) is 12.6 Å². The van der Waals surface area contributed by atoms with Crippen LogP contribution in [0.1, 0.15) is 17.4 Å². The molecule has 0 saturated carbocycles. The Morgan fingerprint density at radius 1 is 1.45 bits per heavy atom. The van der Waals surface area contributed by atoms with Crippen LogP contribution >= 0.6 is 22.9 Å². The van der Waals surface area contributed by atoms with Crippen LogP contribution in [0.25, 0.3) is 10.6 Å². The molecule has 0 saturated heterocycles. The molecule has 1 N–H and O–H groups in total. The second-order valence-electron chi connectivity index (χ2n) is 4.49. The van der Waals surface area contributed by atoms with Gasteiger partial charge in [-0.05, 0) is 19.1 Å². The van der Waals surface area contributed by atoms with Crippen molar-refractivity contribution < 1.29 is 9.90 Å². The van der Waals surface area contributed by atoms with Gasteiger partial charge in [0.15, 0.2) is 0 Å². The van der Waals surface area contributed by atoms with E-state index in [4.69, 9.17) is 16.7 Å². The van der Waals surface area contributed by atoms with Gasteiger partial charge in [-0.15, -0.1) is 11.3 Å². The molecule has 1 heterocycles. The maximum Gasteiger partial charge on any atom is 0.273 e. The number of carbonyl (C=O) groups is 1. The molecule has 1 amide bonds. The summed E-state index contributed by atoms with van der Waals surface area (Å²) < 4.78 is 0. The van der Waals surface area contributed by atoms with Gasteiger partial charge in [0.1, 0.15) is 10.7 Å². The molecule has 2 rings (SSSR count). The highest BCUT2D eigenvalue weighted by Crippen LogP contribution is 2.25. The molecule has 0 spiro atoms. The van der Waals surface area contributed by atoms with E-state index in [1.165, 1.54) is 16.2 Å². The summed E-state index contributed by atoms with van der Waals surface area (Å²) in [4.78, 5) is 18.0. The first-order valence-electron chi connectivity index (χ1n) is 6.12. The quantitative estimate of drug-likeness (QED) is 0.944. The lowest BCUT2D eigenvalue weighted by Gasteiger charge is -2.21. The maximum atomic E-state index is 12.2. The van der Waals surface area contributed by atoms with Gasteiger partial charge in [-0.3, -0.25) is 4.79 Å². The third-order valence-electron chi connectivity index (χ3n) is 3.06. The molecule has 1 aromatic carbocycles. The second kappa shape index (κ2) is 6.35. The van der Waals surface area contributed by atoms with E-state index in [0.29, 0.717) is 10.7 Å². The smallest absolute Gasteiger partial charge is 0.273 e. The molecular formula is C14H15ClN2O2S. The Balaban J connectivity index is 2.20. The van der Waals surface area contributed by atoms with E-state index in [2.05, 4.69) is 4.98 Å². The van der Waals surface area contributed by atoms with Gasteiger partial charge in [-0.25, -0.2) is 4.98 Å². The van der Waals surface area contributed by atoms with E-state index in [1.807, 2.05) is 12.1 Å². The van der Waals surface area contributed by atoms with Gasteiger partial charge >= 0.3 is 0 Å². The summed E-state index contributed by atoms with van der Waals surface area (Å²) in [6.07, 6.45) is 0. The third kappa shape index (κ3) is 3.17. The molecule has 0 fully saturated rings. The highest BCUT2D eigenvalue weighted by atomic mass is 35.5. The molecule has 2 aromatic rings. The number of halogens is 1. The number of hydrogen-bond donors (Lipinski definition) is 1. The standard InChI is InChI=1S/C14H15ClN2O2S/c1-9(7-18)17(2)14(19)12-8-20-13(16-12)10-3-5-11(15)6-4-10/h3-6,8-9,18H,7H2,1-2H3. The van der Waals surface area contributed by atoms with E-state index in [1.54, 1.807) is 31.5 Å². The average Bonchev–Trinajstić information content (AvgIpc) is 2.95. The Bertz CT molecular complexity index is 597. The second-order valence-corrected chi connectivity index (χ2v) is 5.79. The monoisotopic (exact) mass is 310 g/mol. The summed E-state index contributed by atoms with van der Waals surface area (Å²) in [5.74, 6) is -0.192. The maximum absolute atomic E-state index is 12.2. The fourth-order valence-corrected chi connectivity index (χ4v) is 2.53. The number of hydrogen-bond acceptors (Lipinski definition) is 4. The molecule has 1 unspecified atom stereocenters. The Morgan fingerprint density at radius 3 is 2.70 bits per heavy atom. The summed E-state index contributed by atoms with van der Waals surface area (Å²) in [6.45, 7) is 1.71. The SMILES string of the molecule is CC(CO)N(C)C(=O)c1csc(-c2ccc(Cl)cc2)n1. The van der Waals surface area contributed by atoms with E-state index in [9.17, 15) is 4.79 Å².